The minimum Gasteiger partial charge on any atom is -0.465 e. The van der Waals surface area contributed by atoms with Crippen LogP contribution >= 0.6 is 34.3 Å². The minimum absolute atomic E-state index is 0.0196. The molecule has 39 heavy (non-hydrogen) atoms. The van der Waals surface area contributed by atoms with Crippen molar-refractivity contribution in [3.05, 3.63) is 78.0 Å². The number of hydrogen-bond donors (Lipinski definition) is 0. The van der Waals surface area contributed by atoms with E-state index in [-0.39, 0.29) is 35.1 Å². The number of carbonyl (C=O) groups excluding carboxylic acids is 3. The van der Waals surface area contributed by atoms with Crippen molar-refractivity contribution < 1.29 is 19.1 Å². The van der Waals surface area contributed by atoms with Gasteiger partial charge in [0.25, 0.3) is 11.5 Å². The van der Waals surface area contributed by atoms with Gasteiger partial charge in [0.15, 0.2) is 5.78 Å². The van der Waals surface area contributed by atoms with Crippen molar-refractivity contribution in [1.29, 1.82) is 0 Å². The number of ether oxygens (including phenoxy) is 1. The van der Waals surface area contributed by atoms with Crippen LogP contribution in [0.4, 0.5) is 5.82 Å². The molecule has 0 amide bonds. The summed E-state index contributed by atoms with van der Waals surface area (Å²) in [5.74, 6) is -0.866. The second-order valence-corrected chi connectivity index (χ2v) is 12.5. The van der Waals surface area contributed by atoms with E-state index < -0.39 is 16.9 Å². The Morgan fingerprint density at radius 1 is 1.15 bits per heavy atom. The van der Waals surface area contributed by atoms with E-state index in [0.29, 0.717) is 22.3 Å². The average Bonchev–Trinajstić information content (AvgIpc) is 3.65. The number of rotatable bonds is 8. The number of esters is 1. The van der Waals surface area contributed by atoms with Gasteiger partial charge in [-0.2, -0.15) is 21.1 Å². The number of nitrogens with zero attached hydrogens (tertiary/aromatic N) is 4. The number of halogens is 1. The highest BCUT2D eigenvalue weighted by atomic mass is 35.5. The summed E-state index contributed by atoms with van der Waals surface area (Å²) in [7, 11) is 3.01. The molecular weight excluding hydrogens is 560 g/mol. The molecule has 0 unspecified atom stereocenters. The molecule has 0 atom stereocenters. The first kappa shape index (κ1) is 28.5. The fraction of sp³-hybridized carbons (Fsp3) is 0.296. The summed E-state index contributed by atoms with van der Waals surface area (Å²) in [4.78, 5) is 55.4. The molecule has 204 valence electrons. The molecule has 0 bridgehead atoms. The van der Waals surface area contributed by atoms with Gasteiger partial charge in [-0.15, -0.1) is 11.3 Å². The maximum absolute atomic E-state index is 13.7. The van der Waals surface area contributed by atoms with Crippen molar-refractivity contribution in [1.82, 2.24) is 14.3 Å². The van der Waals surface area contributed by atoms with Crippen molar-refractivity contribution in [2.45, 2.75) is 33.9 Å². The maximum atomic E-state index is 13.7. The number of ketones is 1. The summed E-state index contributed by atoms with van der Waals surface area (Å²) in [6.45, 7) is 5.51. The van der Waals surface area contributed by atoms with Gasteiger partial charge in [-0.25, -0.2) is 4.79 Å². The zero-order chi connectivity index (χ0) is 28.5. The van der Waals surface area contributed by atoms with Crippen molar-refractivity contribution in [2.24, 2.45) is 5.41 Å². The number of anilines is 1. The van der Waals surface area contributed by atoms with Gasteiger partial charge in [0.05, 0.1) is 35.7 Å². The third-order valence-electron chi connectivity index (χ3n) is 5.92. The smallest absolute Gasteiger partial charge is 0.338 e. The van der Waals surface area contributed by atoms with Crippen LogP contribution in [0.1, 0.15) is 51.2 Å². The fourth-order valence-electron chi connectivity index (χ4n) is 3.88. The molecule has 0 aliphatic rings. The predicted octanol–water partition coefficient (Wildman–Crippen LogP) is 5.48. The normalized spacial score (nSPS) is 11.4. The van der Waals surface area contributed by atoms with Gasteiger partial charge in [-0.05, 0) is 29.6 Å². The van der Waals surface area contributed by atoms with Crippen LogP contribution in [0.25, 0.3) is 11.3 Å². The van der Waals surface area contributed by atoms with Crippen LogP contribution in [0.3, 0.4) is 0 Å². The number of thiophene rings is 2. The van der Waals surface area contributed by atoms with Crippen LogP contribution in [-0.2, 0) is 17.8 Å². The molecule has 0 spiro atoms. The van der Waals surface area contributed by atoms with E-state index in [4.69, 9.17) is 16.3 Å². The summed E-state index contributed by atoms with van der Waals surface area (Å²) in [6, 6.07) is 8.39. The molecule has 0 saturated heterocycles. The molecule has 9 nitrogen and oxygen atoms in total. The second-order valence-electron chi connectivity index (χ2n) is 9.88. The Hall–Kier alpha value is -3.54. The van der Waals surface area contributed by atoms with Gasteiger partial charge >= 0.3 is 5.97 Å². The molecule has 4 rings (SSSR count). The van der Waals surface area contributed by atoms with Gasteiger partial charge in [-0.3, -0.25) is 14.4 Å². The second kappa shape index (κ2) is 11.3. The van der Waals surface area contributed by atoms with Crippen LogP contribution in [0.15, 0.2) is 52.1 Å². The summed E-state index contributed by atoms with van der Waals surface area (Å²) in [5.41, 5.74) is -0.871. The zero-order valence-corrected chi connectivity index (χ0v) is 24.4. The van der Waals surface area contributed by atoms with Crippen molar-refractivity contribution >= 4 is 57.8 Å². The average molecular weight is 587 g/mol. The van der Waals surface area contributed by atoms with E-state index >= 15 is 0 Å². The molecule has 0 N–H and O–H groups in total. The van der Waals surface area contributed by atoms with Crippen LogP contribution in [0.2, 0.25) is 4.34 Å². The van der Waals surface area contributed by atoms with E-state index in [0.717, 1.165) is 4.88 Å². The summed E-state index contributed by atoms with van der Waals surface area (Å²) >= 11 is 8.90. The summed E-state index contributed by atoms with van der Waals surface area (Å²) in [6.07, 6.45) is 1.38. The highest BCUT2D eigenvalue weighted by molar-refractivity contribution is 7.16. The highest BCUT2D eigenvalue weighted by Crippen LogP contribution is 2.30. The van der Waals surface area contributed by atoms with E-state index in [1.807, 2.05) is 11.0 Å². The van der Waals surface area contributed by atoms with E-state index in [2.05, 4.69) is 5.10 Å². The zero-order valence-electron chi connectivity index (χ0n) is 22.1. The van der Waals surface area contributed by atoms with Crippen LogP contribution in [0, 0.1) is 5.41 Å². The lowest BCUT2D eigenvalue weighted by Crippen LogP contribution is -2.31. The molecular formula is C27H27ClN4O5S2. The standard InChI is InChI=1S/C27H27ClN4O5S2/c1-27(2,3)26(36)32-22(30(4)13-17-6-7-21(28)39-17)12-19(29-32)23-18(25(35)37-5)8-10-31(24(23)34)14-20(33)16-9-11-38-15-16/h6-12,15H,13-14H2,1-5H3. The maximum Gasteiger partial charge on any atom is 0.338 e. The Balaban J connectivity index is 1.86. The Morgan fingerprint density at radius 3 is 2.49 bits per heavy atom. The van der Waals surface area contributed by atoms with E-state index in [1.165, 1.54) is 51.3 Å². The van der Waals surface area contributed by atoms with E-state index in [9.17, 15) is 19.2 Å². The molecule has 4 aromatic rings. The van der Waals surface area contributed by atoms with Gasteiger partial charge in [0, 0.05) is 40.5 Å². The van der Waals surface area contributed by atoms with Gasteiger partial charge < -0.3 is 14.2 Å². The first-order valence-corrected chi connectivity index (χ1v) is 14.0. The van der Waals surface area contributed by atoms with Gasteiger partial charge in [-0.1, -0.05) is 32.4 Å². The third-order valence-corrected chi connectivity index (χ3v) is 7.82. The number of pyridine rings is 1. The third kappa shape index (κ3) is 6.05. The topological polar surface area (TPSA) is 103 Å². The monoisotopic (exact) mass is 586 g/mol. The lowest BCUT2D eigenvalue weighted by molar-refractivity contribution is 0.0601. The van der Waals surface area contributed by atoms with E-state index in [1.54, 1.807) is 56.8 Å². The predicted molar refractivity (Wildman–Crippen MR) is 153 cm³/mol. The molecule has 0 fully saturated rings. The SMILES string of the molecule is COC(=O)c1ccn(CC(=O)c2ccsc2)c(=O)c1-c1cc(N(C)Cc2ccc(Cl)s2)n(C(=O)C(C)(C)C)n1. The molecule has 0 saturated carbocycles. The number of methoxy groups -OCH3 is 1. The van der Waals surface area contributed by atoms with Gasteiger partial charge in [0.1, 0.15) is 11.5 Å². The lowest BCUT2D eigenvalue weighted by Gasteiger charge is -2.22. The fourth-order valence-corrected chi connectivity index (χ4v) is 5.68. The Bertz CT molecular complexity index is 1590. The number of carbonyl (C=O) groups is 3. The van der Waals surface area contributed by atoms with Crippen LogP contribution in [-0.4, -0.2) is 46.2 Å². The molecule has 0 aliphatic heterocycles. The first-order chi connectivity index (χ1) is 18.4. The molecule has 4 aromatic heterocycles. The number of hydrogen-bond acceptors (Lipinski definition) is 9. The Kier molecular flexibility index (Phi) is 8.24. The minimum atomic E-state index is -0.792. The van der Waals surface area contributed by atoms with Crippen molar-refractivity contribution in [3.8, 4) is 11.3 Å². The van der Waals surface area contributed by atoms with Crippen LogP contribution < -0.4 is 10.5 Å². The number of Topliss-reactive ketones (excluding diaryl/α,β-unsaturated/α-hetero) is 1. The van der Waals surface area contributed by atoms with Gasteiger partial charge in [0.2, 0.25) is 0 Å². The lowest BCUT2D eigenvalue weighted by atomic mass is 9.96. The van der Waals surface area contributed by atoms with Crippen LogP contribution in [0.5, 0.6) is 0 Å². The molecule has 4 heterocycles. The van der Waals surface area contributed by atoms with Crippen molar-refractivity contribution in [3.63, 3.8) is 0 Å². The molecule has 12 heteroatoms. The Labute approximate surface area is 238 Å². The Morgan fingerprint density at radius 2 is 1.90 bits per heavy atom. The molecule has 0 aromatic carbocycles. The molecule has 0 radical (unpaired) electrons. The highest BCUT2D eigenvalue weighted by Gasteiger charge is 2.30. The quantitative estimate of drug-likeness (QED) is 0.199. The summed E-state index contributed by atoms with van der Waals surface area (Å²) in [5, 5.41) is 8.01. The number of aromatic nitrogens is 3. The molecule has 0 aliphatic carbocycles. The summed E-state index contributed by atoms with van der Waals surface area (Å²) < 4.78 is 8.04. The first-order valence-electron chi connectivity index (χ1n) is 11.9. The largest absolute Gasteiger partial charge is 0.465 e. The van der Waals surface area contributed by atoms with Crippen molar-refractivity contribution in [2.75, 3.05) is 19.1 Å².